The molecular formula is C11H9FN2O3. The van der Waals surface area contributed by atoms with E-state index in [1.165, 1.54) is 25.6 Å². The van der Waals surface area contributed by atoms with E-state index in [1.807, 2.05) is 0 Å². The zero-order valence-corrected chi connectivity index (χ0v) is 9.01. The van der Waals surface area contributed by atoms with Gasteiger partial charge >= 0.3 is 5.97 Å². The summed E-state index contributed by atoms with van der Waals surface area (Å²) in [4.78, 5) is 26.6. The molecule has 0 atom stereocenters. The second-order valence-corrected chi connectivity index (χ2v) is 3.41. The molecule has 5 nitrogen and oxygen atoms in total. The predicted molar refractivity (Wildman–Crippen MR) is 58.0 cm³/mol. The molecule has 0 radical (unpaired) electrons. The van der Waals surface area contributed by atoms with Crippen molar-refractivity contribution in [3.8, 4) is 0 Å². The number of carbonyl (C=O) groups is 1. The summed E-state index contributed by atoms with van der Waals surface area (Å²) in [7, 11) is 1.22. The molecule has 6 heteroatoms. The summed E-state index contributed by atoms with van der Waals surface area (Å²) in [5, 5.41) is 0.322. The van der Waals surface area contributed by atoms with Gasteiger partial charge in [-0.2, -0.15) is 0 Å². The second kappa shape index (κ2) is 4.32. The Morgan fingerprint density at radius 3 is 3.00 bits per heavy atom. The first-order chi connectivity index (χ1) is 8.13. The molecule has 2 aromatic rings. The van der Waals surface area contributed by atoms with Crippen molar-refractivity contribution in [1.29, 1.82) is 0 Å². The Bertz CT molecular complexity index is 636. The number of hydrogen-bond acceptors (Lipinski definition) is 4. The highest BCUT2D eigenvalue weighted by Gasteiger charge is 2.10. The number of ether oxygens (including phenoxy) is 1. The number of carbonyl (C=O) groups excluding carboxylic acids is 1. The highest BCUT2D eigenvalue weighted by atomic mass is 19.1. The summed E-state index contributed by atoms with van der Waals surface area (Å²) in [6.07, 6.45) is 3.76. The molecule has 0 amide bonds. The van der Waals surface area contributed by atoms with E-state index in [1.54, 1.807) is 0 Å². The first kappa shape index (κ1) is 11.3. The largest absolute Gasteiger partial charge is 0.468 e. The molecule has 0 saturated heterocycles. The summed E-state index contributed by atoms with van der Waals surface area (Å²) in [5.41, 5.74) is -0.576. The fourth-order valence-corrected chi connectivity index (χ4v) is 1.51. The molecule has 0 aliphatic heterocycles. The molecule has 17 heavy (non-hydrogen) atoms. The van der Waals surface area contributed by atoms with Gasteiger partial charge in [0.05, 0.1) is 18.7 Å². The van der Waals surface area contributed by atoms with Crippen LogP contribution in [0.3, 0.4) is 0 Å². The minimum Gasteiger partial charge on any atom is -0.468 e. The van der Waals surface area contributed by atoms with Crippen LogP contribution < -0.4 is 5.56 Å². The van der Waals surface area contributed by atoms with Crippen molar-refractivity contribution in [1.82, 2.24) is 9.55 Å². The van der Waals surface area contributed by atoms with E-state index in [2.05, 4.69) is 9.72 Å². The molecule has 0 aliphatic rings. The van der Waals surface area contributed by atoms with Crippen molar-refractivity contribution in [2.75, 3.05) is 7.11 Å². The minimum absolute atomic E-state index is 0.0774. The number of rotatable bonds is 2. The van der Waals surface area contributed by atoms with Crippen LogP contribution in [-0.4, -0.2) is 22.6 Å². The highest BCUT2D eigenvalue weighted by Crippen LogP contribution is 2.11. The SMILES string of the molecule is COC(=O)Cn1ccc2cncc(F)c2c1=O. The molecule has 0 N–H and O–H groups in total. The van der Waals surface area contributed by atoms with Crippen LogP contribution >= 0.6 is 0 Å². The molecular weight excluding hydrogens is 227 g/mol. The summed E-state index contributed by atoms with van der Waals surface area (Å²) in [5.74, 6) is -1.27. The van der Waals surface area contributed by atoms with Gasteiger partial charge in [-0.3, -0.25) is 14.6 Å². The first-order valence-corrected chi connectivity index (χ1v) is 4.83. The van der Waals surface area contributed by atoms with Gasteiger partial charge in [0.2, 0.25) is 0 Å². The molecule has 2 aromatic heterocycles. The summed E-state index contributed by atoms with van der Waals surface area (Å²) in [6.45, 7) is -0.243. The molecule has 0 aromatic carbocycles. The number of aromatic nitrogens is 2. The van der Waals surface area contributed by atoms with Crippen LogP contribution in [0.25, 0.3) is 10.8 Å². The fraction of sp³-hybridized carbons (Fsp3) is 0.182. The van der Waals surface area contributed by atoms with Gasteiger partial charge < -0.3 is 9.30 Å². The summed E-state index contributed by atoms with van der Waals surface area (Å²) < 4.78 is 19.0. The molecule has 0 aliphatic carbocycles. The van der Waals surface area contributed by atoms with E-state index in [-0.39, 0.29) is 11.9 Å². The standard InChI is InChI=1S/C11H9FN2O3/c1-17-9(15)6-14-3-2-7-4-13-5-8(12)10(7)11(14)16/h2-5H,6H2,1H3. The maximum Gasteiger partial charge on any atom is 0.325 e. The summed E-state index contributed by atoms with van der Waals surface area (Å²) >= 11 is 0. The van der Waals surface area contributed by atoms with E-state index in [0.717, 1.165) is 10.8 Å². The number of nitrogens with zero attached hydrogens (tertiary/aromatic N) is 2. The van der Waals surface area contributed by atoms with E-state index in [9.17, 15) is 14.0 Å². The van der Waals surface area contributed by atoms with Gasteiger partial charge in [-0.25, -0.2) is 4.39 Å². The van der Waals surface area contributed by atoms with Gasteiger partial charge in [0.15, 0.2) is 5.82 Å². The van der Waals surface area contributed by atoms with Gasteiger partial charge in [0.25, 0.3) is 5.56 Å². The Morgan fingerprint density at radius 1 is 1.53 bits per heavy atom. The minimum atomic E-state index is -0.702. The third kappa shape index (κ3) is 2.01. The third-order valence-corrected chi connectivity index (χ3v) is 2.36. The maximum atomic E-state index is 13.5. The monoisotopic (exact) mass is 236 g/mol. The van der Waals surface area contributed by atoms with Crippen LogP contribution in [-0.2, 0) is 16.1 Å². The fourth-order valence-electron chi connectivity index (χ4n) is 1.51. The lowest BCUT2D eigenvalue weighted by Crippen LogP contribution is -2.25. The Morgan fingerprint density at radius 2 is 2.29 bits per heavy atom. The highest BCUT2D eigenvalue weighted by molar-refractivity contribution is 5.81. The average molecular weight is 236 g/mol. The molecule has 0 unspecified atom stereocenters. The molecule has 88 valence electrons. The topological polar surface area (TPSA) is 61.2 Å². The van der Waals surface area contributed by atoms with Gasteiger partial charge in [-0.05, 0) is 6.07 Å². The maximum absolute atomic E-state index is 13.5. The van der Waals surface area contributed by atoms with Crippen molar-refractivity contribution in [3.63, 3.8) is 0 Å². The third-order valence-electron chi connectivity index (χ3n) is 2.36. The van der Waals surface area contributed by atoms with Gasteiger partial charge in [-0.15, -0.1) is 0 Å². The van der Waals surface area contributed by atoms with Crippen molar-refractivity contribution in [2.45, 2.75) is 6.54 Å². The Balaban J connectivity index is 2.61. The van der Waals surface area contributed by atoms with Gasteiger partial charge in [-0.1, -0.05) is 0 Å². The number of halogens is 1. The second-order valence-electron chi connectivity index (χ2n) is 3.41. The lowest BCUT2D eigenvalue weighted by atomic mass is 10.2. The van der Waals surface area contributed by atoms with Crippen LogP contribution in [0.15, 0.2) is 29.5 Å². The average Bonchev–Trinajstić information content (AvgIpc) is 2.32. The van der Waals surface area contributed by atoms with Crippen LogP contribution in [0.5, 0.6) is 0 Å². The zero-order valence-electron chi connectivity index (χ0n) is 9.01. The number of hydrogen-bond donors (Lipinski definition) is 0. The van der Waals surface area contributed by atoms with Gasteiger partial charge in [0.1, 0.15) is 6.54 Å². The van der Waals surface area contributed by atoms with Crippen molar-refractivity contribution >= 4 is 16.7 Å². The number of fused-ring (bicyclic) bond motifs is 1. The van der Waals surface area contributed by atoms with Gasteiger partial charge in [0, 0.05) is 17.8 Å². The normalized spacial score (nSPS) is 10.5. The van der Waals surface area contributed by atoms with E-state index in [4.69, 9.17) is 0 Å². The molecule has 0 fully saturated rings. The first-order valence-electron chi connectivity index (χ1n) is 4.83. The van der Waals surface area contributed by atoms with E-state index < -0.39 is 17.3 Å². The van der Waals surface area contributed by atoms with Crippen LogP contribution in [0, 0.1) is 5.82 Å². The smallest absolute Gasteiger partial charge is 0.325 e. The van der Waals surface area contributed by atoms with Crippen LogP contribution in [0.2, 0.25) is 0 Å². The Kier molecular flexibility index (Phi) is 2.86. The van der Waals surface area contributed by atoms with E-state index in [0.29, 0.717) is 5.39 Å². The van der Waals surface area contributed by atoms with Crippen molar-refractivity contribution < 1.29 is 13.9 Å². The molecule has 2 heterocycles. The predicted octanol–water partition coefficient (Wildman–Crippen LogP) is 0.709. The Labute approximate surface area is 95.5 Å². The molecule has 2 rings (SSSR count). The number of methoxy groups -OCH3 is 1. The van der Waals surface area contributed by atoms with Crippen LogP contribution in [0.4, 0.5) is 4.39 Å². The molecule has 0 bridgehead atoms. The van der Waals surface area contributed by atoms with Crippen molar-refractivity contribution in [2.24, 2.45) is 0 Å². The molecule has 0 spiro atoms. The van der Waals surface area contributed by atoms with Crippen molar-refractivity contribution in [3.05, 3.63) is 40.8 Å². The van der Waals surface area contributed by atoms with Crippen LogP contribution in [0.1, 0.15) is 0 Å². The molecule has 0 saturated carbocycles. The lowest BCUT2D eigenvalue weighted by molar-refractivity contribution is -0.141. The lowest BCUT2D eigenvalue weighted by Gasteiger charge is -2.05. The quantitative estimate of drug-likeness (QED) is 0.720. The number of pyridine rings is 2. The Hall–Kier alpha value is -2.24. The van der Waals surface area contributed by atoms with E-state index >= 15 is 0 Å². The zero-order chi connectivity index (χ0) is 12.4. The summed E-state index contributed by atoms with van der Waals surface area (Å²) in [6, 6.07) is 1.52. The number of esters is 1.